The van der Waals surface area contributed by atoms with Gasteiger partial charge in [0.15, 0.2) is 5.82 Å². The Hall–Kier alpha value is -3.44. The molecular weight excluding hydrogens is 523 g/mol. The van der Waals surface area contributed by atoms with E-state index < -0.39 is 12.3 Å². The van der Waals surface area contributed by atoms with Crippen molar-refractivity contribution in [3.8, 4) is 0 Å². The highest BCUT2D eigenvalue weighted by Gasteiger charge is 2.41. The Bertz CT molecular complexity index is 1440. The summed E-state index contributed by atoms with van der Waals surface area (Å²) in [6.07, 6.45) is 6.76. The number of hydrogen-bond donors (Lipinski definition) is 2. The molecule has 4 aliphatic heterocycles. The first-order valence-electron chi connectivity index (χ1n) is 15.0. The summed E-state index contributed by atoms with van der Waals surface area (Å²) >= 11 is 0. The third-order valence-corrected chi connectivity index (χ3v) is 9.21. The van der Waals surface area contributed by atoms with E-state index in [0.29, 0.717) is 81.5 Å². The molecule has 3 aromatic rings. The highest BCUT2D eigenvalue weighted by atomic mass is 19.1. The number of likely N-dealkylation sites (tertiary alicyclic amines) is 1. The van der Waals surface area contributed by atoms with Crippen molar-refractivity contribution in [3.63, 3.8) is 0 Å². The third kappa shape index (κ3) is 5.21. The van der Waals surface area contributed by atoms with Gasteiger partial charge in [-0.3, -0.25) is 9.69 Å². The molecule has 0 radical (unpaired) electrons. The first-order chi connectivity index (χ1) is 19.9. The lowest BCUT2D eigenvalue weighted by Crippen LogP contribution is -2.45. The first kappa shape index (κ1) is 26.5. The van der Waals surface area contributed by atoms with Crippen LogP contribution in [0.2, 0.25) is 0 Å². The molecule has 216 valence electrons. The van der Waals surface area contributed by atoms with E-state index >= 15 is 0 Å². The summed E-state index contributed by atoms with van der Waals surface area (Å²) in [5.41, 5.74) is 3.43. The van der Waals surface area contributed by atoms with Gasteiger partial charge in [0.05, 0.1) is 18.3 Å². The number of alkyl halides is 1. The maximum atomic E-state index is 13.5. The molecule has 4 aliphatic rings. The molecule has 0 aliphatic carbocycles. The average molecular weight is 561 g/mol. The number of carbonyl (C=O) groups excluding carboxylic acids is 1. The number of nitrogens with one attached hydrogen (secondary N) is 1. The van der Waals surface area contributed by atoms with Gasteiger partial charge in [-0.2, -0.15) is 0 Å². The van der Waals surface area contributed by atoms with Gasteiger partial charge < -0.3 is 20.2 Å². The van der Waals surface area contributed by atoms with Crippen molar-refractivity contribution < 1.29 is 14.3 Å². The standard InChI is InChI=1S/C30H37FN8O2/c1-18(40)25-14-20-15-32-30(36-28(20)29(34-25)39-22-3-4-23(39)6-5-22)35-26-7-2-19-16-38(13-10-24(19)33-26)27(41)17-37-11-8-21(31)9-12-37/h2,7,14-15,18,21-23,40H,3-6,8-13,16-17H2,1H3,(H,32,33,35,36). The maximum Gasteiger partial charge on any atom is 0.237 e. The number of aliphatic hydroxyl groups is 1. The van der Waals surface area contributed by atoms with Crippen LogP contribution in [-0.4, -0.2) is 85.2 Å². The lowest BCUT2D eigenvalue weighted by molar-refractivity contribution is -0.133. The van der Waals surface area contributed by atoms with Crippen molar-refractivity contribution in [1.29, 1.82) is 0 Å². The van der Waals surface area contributed by atoms with Gasteiger partial charge in [-0.25, -0.2) is 24.3 Å². The van der Waals surface area contributed by atoms with Crippen molar-refractivity contribution in [3.05, 3.63) is 41.3 Å². The van der Waals surface area contributed by atoms with Gasteiger partial charge >= 0.3 is 0 Å². The van der Waals surface area contributed by atoms with Crippen LogP contribution in [0.5, 0.6) is 0 Å². The predicted molar refractivity (Wildman–Crippen MR) is 154 cm³/mol. The van der Waals surface area contributed by atoms with Crippen LogP contribution in [0.15, 0.2) is 24.4 Å². The summed E-state index contributed by atoms with van der Waals surface area (Å²) < 4.78 is 13.5. The smallest absolute Gasteiger partial charge is 0.237 e. The number of carbonyl (C=O) groups is 1. The number of aromatic nitrogens is 4. The van der Waals surface area contributed by atoms with E-state index in [1.807, 2.05) is 23.1 Å². The molecule has 3 fully saturated rings. The van der Waals surface area contributed by atoms with Crippen molar-refractivity contribution >= 4 is 34.4 Å². The molecular formula is C30H37FN8O2. The molecule has 1 atom stereocenters. The second-order valence-corrected chi connectivity index (χ2v) is 12.0. The summed E-state index contributed by atoms with van der Waals surface area (Å²) in [6.45, 7) is 4.52. The number of amides is 1. The molecule has 7 rings (SSSR count). The minimum absolute atomic E-state index is 0.0920. The summed E-state index contributed by atoms with van der Waals surface area (Å²) in [6, 6.07) is 6.75. The van der Waals surface area contributed by atoms with E-state index in [-0.39, 0.29) is 5.91 Å². The number of aliphatic hydroxyl groups excluding tert-OH is 1. The number of fused-ring (bicyclic) bond motifs is 4. The minimum atomic E-state index is -0.737. The lowest BCUT2D eigenvalue weighted by atomic mass is 10.0. The lowest BCUT2D eigenvalue weighted by Gasteiger charge is -2.33. The minimum Gasteiger partial charge on any atom is -0.387 e. The first-order valence-corrected chi connectivity index (χ1v) is 15.0. The van der Waals surface area contributed by atoms with Crippen molar-refractivity contribution in [2.45, 2.75) is 82.8 Å². The highest BCUT2D eigenvalue weighted by molar-refractivity contribution is 5.90. The molecule has 0 spiro atoms. The fraction of sp³-hybridized carbons (Fsp3) is 0.567. The fourth-order valence-electron chi connectivity index (χ4n) is 6.92. The van der Waals surface area contributed by atoms with Gasteiger partial charge in [-0.1, -0.05) is 6.07 Å². The number of hydrogen-bond acceptors (Lipinski definition) is 9. The Balaban J connectivity index is 1.08. The van der Waals surface area contributed by atoms with Crippen LogP contribution in [0, 0.1) is 0 Å². The molecule has 2 bridgehead atoms. The average Bonchev–Trinajstić information content (AvgIpc) is 3.58. The monoisotopic (exact) mass is 560 g/mol. The van der Waals surface area contributed by atoms with E-state index in [9.17, 15) is 14.3 Å². The van der Waals surface area contributed by atoms with Gasteiger partial charge in [-0.15, -0.1) is 0 Å². The molecule has 10 nitrogen and oxygen atoms in total. The topological polar surface area (TPSA) is 111 Å². The number of rotatable bonds is 6. The highest BCUT2D eigenvalue weighted by Crippen LogP contribution is 2.42. The van der Waals surface area contributed by atoms with Gasteiger partial charge in [-0.05, 0) is 63.1 Å². The maximum absolute atomic E-state index is 13.5. The van der Waals surface area contributed by atoms with Crippen LogP contribution in [0.1, 0.15) is 68.5 Å². The zero-order chi connectivity index (χ0) is 28.1. The van der Waals surface area contributed by atoms with Crippen LogP contribution < -0.4 is 10.2 Å². The second-order valence-electron chi connectivity index (χ2n) is 12.0. The SMILES string of the molecule is CC(O)c1cc2cnc(Nc3ccc4c(n3)CCN(C(=O)CN3CCC(F)CC3)C4)nc2c(N2C3CCC2CC3)n1. The summed E-state index contributed by atoms with van der Waals surface area (Å²) in [4.78, 5) is 38.4. The van der Waals surface area contributed by atoms with Crippen LogP contribution >= 0.6 is 0 Å². The Morgan fingerprint density at radius 3 is 2.56 bits per heavy atom. The normalized spacial score (nSPS) is 23.7. The second kappa shape index (κ2) is 10.8. The summed E-state index contributed by atoms with van der Waals surface area (Å²) in [7, 11) is 0. The summed E-state index contributed by atoms with van der Waals surface area (Å²) in [5.74, 6) is 2.04. The van der Waals surface area contributed by atoms with Gasteiger partial charge in [0.25, 0.3) is 0 Å². The van der Waals surface area contributed by atoms with Crippen molar-refractivity contribution in [1.82, 2.24) is 29.7 Å². The number of anilines is 3. The van der Waals surface area contributed by atoms with Gasteiger partial charge in [0.1, 0.15) is 17.5 Å². The molecule has 7 heterocycles. The fourth-order valence-corrected chi connectivity index (χ4v) is 6.92. The largest absolute Gasteiger partial charge is 0.387 e. The van der Waals surface area contributed by atoms with E-state index in [2.05, 4.69) is 20.1 Å². The molecule has 11 heteroatoms. The van der Waals surface area contributed by atoms with Gasteiger partial charge in [0, 0.05) is 62.0 Å². The van der Waals surface area contributed by atoms with Gasteiger partial charge in [0.2, 0.25) is 11.9 Å². The Morgan fingerprint density at radius 1 is 1.07 bits per heavy atom. The molecule has 41 heavy (non-hydrogen) atoms. The number of piperidine rings is 1. The molecule has 2 N–H and O–H groups in total. The Labute approximate surface area is 239 Å². The van der Waals surface area contributed by atoms with E-state index in [1.54, 1.807) is 13.1 Å². The zero-order valence-electron chi connectivity index (χ0n) is 23.5. The third-order valence-electron chi connectivity index (χ3n) is 9.21. The number of pyridine rings is 2. The zero-order valence-corrected chi connectivity index (χ0v) is 23.5. The van der Waals surface area contributed by atoms with E-state index in [4.69, 9.17) is 15.0 Å². The van der Waals surface area contributed by atoms with Crippen LogP contribution in [0.4, 0.5) is 22.0 Å². The Kier molecular flexibility index (Phi) is 6.94. The summed E-state index contributed by atoms with van der Waals surface area (Å²) in [5, 5.41) is 14.4. The molecule has 0 saturated carbocycles. The predicted octanol–water partition coefficient (Wildman–Crippen LogP) is 3.67. The molecule has 3 saturated heterocycles. The number of nitrogens with zero attached hydrogens (tertiary/aromatic N) is 7. The van der Waals surface area contributed by atoms with E-state index in [0.717, 1.165) is 28.0 Å². The van der Waals surface area contributed by atoms with Crippen LogP contribution in [0.3, 0.4) is 0 Å². The van der Waals surface area contributed by atoms with E-state index in [1.165, 1.54) is 25.7 Å². The molecule has 0 aromatic carbocycles. The van der Waals surface area contributed by atoms with Crippen LogP contribution in [0.25, 0.3) is 10.9 Å². The molecule has 1 amide bonds. The van der Waals surface area contributed by atoms with Crippen molar-refractivity contribution in [2.75, 3.05) is 36.4 Å². The quantitative estimate of drug-likeness (QED) is 0.467. The van der Waals surface area contributed by atoms with Crippen molar-refractivity contribution in [2.24, 2.45) is 0 Å². The van der Waals surface area contributed by atoms with Crippen LogP contribution in [-0.2, 0) is 17.8 Å². The molecule has 1 unspecified atom stereocenters. The molecule has 3 aromatic heterocycles. The number of halogens is 1. The Morgan fingerprint density at radius 2 is 1.83 bits per heavy atom.